The molecule has 1 heteroatoms. The van der Waals surface area contributed by atoms with Crippen LogP contribution in [0, 0.1) is 65.1 Å². The first-order valence-corrected chi connectivity index (χ1v) is 16.8. The smallest absolute Gasteiger partial charge is 0.0571 e. The maximum atomic E-state index is 11.3. The molecule has 0 aromatic heterocycles. The van der Waals surface area contributed by atoms with Crippen LogP contribution in [0.2, 0.25) is 0 Å². The first kappa shape index (κ1) is 28.0. The second-order valence-electron chi connectivity index (χ2n) is 15.3. The molecule has 0 bridgehead atoms. The lowest BCUT2D eigenvalue weighted by Gasteiger charge is -2.51. The molecular formula is C36H60O. The monoisotopic (exact) mass is 508 g/mol. The maximum absolute atomic E-state index is 11.3. The van der Waals surface area contributed by atoms with Crippen molar-refractivity contribution in [2.75, 3.05) is 0 Å². The average Bonchev–Trinajstić information content (AvgIpc) is 3.11. The van der Waals surface area contributed by atoms with E-state index in [0.717, 1.165) is 47.8 Å². The summed E-state index contributed by atoms with van der Waals surface area (Å²) in [7, 11) is 0. The van der Waals surface area contributed by atoms with Gasteiger partial charge in [-0.15, -0.1) is 0 Å². The van der Waals surface area contributed by atoms with E-state index in [-0.39, 0.29) is 6.10 Å². The fourth-order valence-electron chi connectivity index (χ4n) is 10.3. The maximum Gasteiger partial charge on any atom is 0.0571 e. The minimum atomic E-state index is -0.0795. The Balaban J connectivity index is 1.21. The first-order chi connectivity index (χ1) is 17.8. The predicted molar refractivity (Wildman–Crippen MR) is 158 cm³/mol. The molecule has 4 fully saturated rings. The van der Waals surface area contributed by atoms with E-state index in [4.69, 9.17) is 6.58 Å². The Morgan fingerprint density at radius 3 is 2.30 bits per heavy atom. The molecule has 5 aliphatic carbocycles. The molecule has 0 amide bonds. The molecule has 0 saturated heterocycles. The topological polar surface area (TPSA) is 20.2 Å². The molecule has 4 saturated carbocycles. The zero-order chi connectivity index (χ0) is 26.1. The van der Waals surface area contributed by atoms with E-state index in [1.165, 1.54) is 96.3 Å². The fourth-order valence-corrected chi connectivity index (χ4v) is 10.3. The van der Waals surface area contributed by atoms with Gasteiger partial charge in [-0.05, 0) is 149 Å². The van der Waals surface area contributed by atoms with Crippen molar-refractivity contribution in [2.24, 2.45) is 65.1 Å². The zero-order valence-electron chi connectivity index (χ0n) is 25.0. The van der Waals surface area contributed by atoms with Gasteiger partial charge < -0.3 is 5.11 Å². The van der Waals surface area contributed by atoms with Gasteiger partial charge in [-0.1, -0.05) is 70.3 Å². The molecule has 0 aliphatic heterocycles. The molecule has 10 atom stereocenters. The van der Waals surface area contributed by atoms with Gasteiger partial charge in [0.25, 0.3) is 0 Å². The highest BCUT2D eigenvalue weighted by atomic mass is 16.3. The molecule has 9 unspecified atom stereocenters. The highest BCUT2D eigenvalue weighted by Gasteiger charge is 2.46. The first-order valence-electron chi connectivity index (χ1n) is 16.8. The second-order valence-corrected chi connectivity index (χ2v) is 15.3. The standard InChI is InChI=1S/C36H60O/c1-23-7-6-8-29(12-10-23)30-15-13-28(14-16-30)27(5)33-22-34-31(20-26(33)4)17-18-36(37)35(34)21-32-19-24(2)9-11-25(32)3/h19,23,25-26,28-37H,5-18,20-22H2,1-4H3/t23?,25?,26-,28?,29?,30?,31?,32?,33?,34?,35?,36?/m0/s1. The lowest BCUT2D eigenvalue weighted by molar-refractivity contribution is -0.0458. The van der Waals surface area contributed by atoms with E-state index < -0.39 is 0 Å². The summed E-state index contributed by atoms with van der Waals surface area (Å²) in [6.45, 7) is 14.7. The van der Waals surface area contributed by atoms with Gasteiger partial charge in [-0.25, -0.2) is 0 Å². The Labute approximate surface area is 230 Å². The Hall–Kier alpha value is -0.560. The Bertz CT molecular complexity index is 786. The van der Waals surface area contributed by atoms with Gasteiger partial charge in [0, 0.05) is 0 Å². The normalized spacial score (nSPS) is 47.4. The molecule has 0 spiro atoms. The van der Waals surface area contributed by atoms with Crippen LogP contribution in [0.4, 0.5) is 0 Å². The summed E-state index contributed by atoms with van der Waals surface area (Å²) in [5.74, 6) is 8.71. The van der Waals surface area contributed by atoms with Gasteiger partial charge in [0.15, 0.2) is 0 Å². The van der Waals surface area contributed by atoms with Crippen LogP contribution in [-0.2, 0) is 0 Å². The van der Waals surface area contributed by atoms with E-state index in [9.17, 15) is 5.11 Å². The zero-order valence-corrected chi connectivity index (χ0v) is 25.0. The second kappa shape index (κ2) is 12.3. The van der Waals surface area contributed by atoms with Crippen molar-refractivity contribution < 1.29 is 5.11 Å². The molecule has 1 N–H and O–H groups in total. The molecule has 0 aromatic carbocycles. The van der Waals surface area contributed by atoms with Crippen LogP contribution in [0.25, 0.3) is 0 Å². The van der Waals surface area contributed by atoms with Crippen LogP contribution in [0.5, 0.6) is 0 Å². The summed E-state index contributed by atoms with van der Waals surface area (Å²) < 4.78 is 0. The van der Waals surface area contributed by atoms with E-state index in [1.54, 1.807) is 11.1 Å². The van der Waals surface area contributed by atoms with Crippen LogP contribution < -0.4 is 0 Å². The van der Waals surface area contributed by atoms with Crippen molar-refractivity contribution >= 4 is 0 Å². The molecule has 0 aromatic rings. The van der Waals surface area contributed by atoms with Crippen LogP contribution in [-0.4, -0.2) is 11.2 Å². The lowest BCUT2D eigenvalue weighted by atomic mass is 9.55. The third-order valence-electron chi connectivity index (χ3n) is 12.9. The molecule has 0 radical (unpaired) electrons. The Morgan fingerprint density at radius 1 is 0.811 bits per heavy atom. The minimum Gasteiger partial charge on any atom is -0.393 e. The number of rotatable bonds is 5. The van der Waals surface area contributed by atoms with Crippen molar-refractivity contribution in [1.82, 2.24) is 0 Å². The number of hydrogen-bond acceptors (Lipinski definition) is 1. The van der Waals surface area contributed by atoms with Crippen LogP contribution in [0.3, 0.4) is 0 Å². The van der Waals surface area contributed by atoms with E-state index in [2.05, 4.69) is 33.8 Å². The number of aliphatic hydroxyl groups excluding tert-OH is 1. The van der Waals surface area contributed by atoms with Crippen molar-refractivity contribution in [1.29, 1.82) is 0 Å². The van der Waals surface area contributed by atoms with Gasteiger partial charge in [0.1, 0.15) is 0 Å². The van der Waals surface area contributed by atoms with E-state index in [1.807, 2.05) is 0 Å². The summed E-state index contributed by atoms with van der Waals surface area (Å²) in [5, 5.41) is 11.3. The summed E-state index contributed by atoms with van der Waals surface area (Å²) >= 11 is 0. The van der Waals surface area contributed by atoms with E-state index >= 15 is 0 Å². The quantitative estimate of drug-likeness (QED) is 0.289. The average molecular weight is 509 g/mol. The Morgan fingerprint density at radius 2 is 1.51 bits per heavy atom. The van der Waals surface area contributed by atoms with Gasteiger partial charge >= 0.3 is 0 Å². The predicted octanol–water partition coefficient (Wildman–Crippen LogP) is 10.00. The number of allylic oxidation sites excluding steroid dienone is 3. The molecule has 37 heavy (non-hydrogen) atoms. The lowest BCUT2D eigenvalue weighted by Crippen LogP contribution is -2.45. The Kier molecular flexibility index (Phi) is 9.31. The fraction of sp³-hybridized carbons (Fsp3) is 0.889. The highest BCUT2D eigenvalue weighted by Crippen LogP contribution is 2.54. The minimum absolute atomic E-state index is 0.0795. The van der Waals surface area contributed by atoms with Crippen LogP contribution in [0.15, 0.2) is 23.8 Å². The number of hydrogen-bond donors (Lipinski definition) is 1. The van der Waals surface area contributed by atoms with Crippen molar-refractivity contribution in [3.63, 3.8) is 0 Å². The molecule has 210 valence electrons. The molecule has 5 rings (SSSR count). The molecular weight excluding hydrogens is 448 g/mol. The molecule has 0 heterocycles. The number of fused-ring (bicyclic) bond motifs is 1. The van der Waals surface area contributed by atoms with Gasteiger partial charge in [0.2, 0.25) is 0 Å². The van der Waals surface area contributed by atoms with Crippen molar-refractivity contribution in [3.05, 3.63) is 23.8 Å². The summed E-state index contributed by atoms with van der Waals surface area (Å²) in [5.41, 5.74) is 3.21. The van der Waals surface area contributed by atoms with Gasteiger partial charge in [0.05, 0.1) is 6.10 Å². The summed E-state index contributed by atoms with van der Waals surface area (Å²) in [6, 6.07) is 0. The third-order valence-corrected chi connectivity index (χ3v) is 12.9. The summed E-state index contributed by atoms with van der Waals surface area (Å²) in [6.07, 6.45) is 24.5. The highest BCUT2D eigenvalue weighted by molar-refractivity contribution is 5.13. The summed E-state index contributed by atoms with van der Waals surface area (Å²) in [4.78, 5) is 0. The van der Waals surface area contributed by atoms with Crippen LogP contribution >= 0.6 is 0 Å². The number of aliphatic hydroxyl groups is 1. The molecule has 5 aliphatic rings. The van der Waals surface area contributed by atoms with Crippen molar-refractivity contribution in [3.8, 4) is 0 Å². The van der Waals surface area contributed by atoms with Crippen LogP contribution in [0.1, 0.15) is 130 Å². The van der Waals surface area contributed by atoms with Crippen molar-refractivity contribution in [2.45, 2.75) is 137 Å². The largest absolute Gasteiger partial charge is 0.393 e. The molecule has 1 nitrogen and oxygen atoms in total. The SMILES string of the molecule is C=C(C1CCC(C2CCCC(C)CC2)CC1)C1CC2C(CCC(O)C2CC2C=C(C)CCC2C)C[C@@H]1C. The van der Waals surface area contributed by atoms with Gasteiger partial charge in [-0.3, -0.25) is 0 Å². The van der Waals surface area contributed by atoms with E-state index in [0.29, 0.717) is 23.7 Å². The van der Waals surface area contributed by atoms with Gasteiger partial charge in [-0.2, -0.15) is 0 Å². The third kappa shape index (κ3) is 6.44.